The highest BCUT2D eigenvalue weighted by Crippen LogP contribution is 2.30. The molecule has 3 nitrogen and oxygen atoms in total. The summed E-state index contributed by atoms with van der Waals surface area (Å²) in [6.07, 6.45) is 1.18. The van der Waals surface area contributed by atoms with E-state index in [-0.39, 0.29) is 0 Å². The lowest BCUT2D eigenvalue weighted by atomic mass is 10.0. The molecular formula is C19H15ClN2O. The predicted octanol–water partition coefficient (Wildman–Crippen LogP) is 5.02. The van der Waals surface area contributed by atoms with Gasteiger partial charge in [0.25, 0.3) is 0 Å². The lowest BCUT2D eigenvalue weighted by Gasteiger charge is -2.05. The van der Waals surface area contributed by atoms with Gasteiger partial charge in [-0.25, -0.2) is 0 Å². The molecule has 2 rings (SSSR count). The molecule has 0 N–H and O–H groups in total. The molecule has 114 valence electrons. The average Bonchev–Trinajstić information content (AvgIpc) is 2.63. The van der Waals surface area contributed by atoms with E-state index in [0.717, 1.165) is 16.9 Å². The smallest absolute Gasteiger partial charge is 0.118 e. The molecule has 0 aromatic heterocycles. The summed E-state index contributed by atoms with van der Waals surface area (Å²) < 4.78 is 5.10. The molecule has 0 heterocycles. The number of hydrogen-bond acceptors (Lipinski definition) is 3. The van der Waals surface area contributed by atoms with Crippen molar-refractivity contribution in [3.63, 3.8) is 0 Å². The monoisotopic (exact) mass is 322 g/mol. The van der Waals surface area contributed by atoms with Crippen LogP contribution < -0.4 is 4.74 Å². The van der Waals surface area contributed by atoms with Gasteiger partial charge in [-0.3, -0.25) is 0 Å². The van der Waals surface area contributed by atoms with Crippen LogP contribution in [-0.4, -0.2) is 7.11 Å². The van der Waals surface area contributed by atoms with Crippen molar-refractivity contribution < 1.29 is 4.74 Å². The highest BCUT2D eigenvalue weighted by molar-refractivity contribution is 6.53. The molecule has 0 atom stereocenters. The van der Waals surface area contributed by atoms with Crippen LogP contribution in [-0.2, 0) is 0 Å². The summed E-state index contributed by atoms with van der Waals surface area (Å²) in [6, 6.07) is 20.6. The molecule has 2 aromatic rings. The van der Waals surface area contributed by atoms with Crippen molar-refractivity contribution in [2.24, 2.45) is 0 Å². The first-order valence-corrected chi connectivity index (χ1v) is 7.06. The Hall–Kier alpha value is -3.01. The maximum absolute atomic E-state index is 9.29. The van der Waals surface area contributed by atoms with Gasteiger partial charge in [-0.2, -0.15) is 10.5 Å². The zero-order chi connectivity index (χ0) is 17.1. The molecule has 0 saturated heterocycles. The highest BCUT2D eigenvalue weighted by Gasteiger charge is 2.09. The number of hydrogen-bond donors (Lipinski definition) is 0. The number of nitrogens with zero attached hydrogens (tertiary/aromatic N) is 2. The minimum Gasteiger partial charge on any atom is -0.497 e. The van der Waals surface area contributed by atoms with Gasteiger partial charge in [0.2, 0.25) is 0 Å². The van der Waals surface area contributed by atoms with Gasteiger partial charge in [-0.1, -0.05) is 48.5 Å². The molecule has 0 radical (unpaired) electrons. The number of methoxy groups -OCH3 is 1. The van der Waals surface area contributed by atoms with Crippen LogP contribution in [0.25, 0.3) is 10.6 Å². The Morgan fingerprint density at radius 1 is 1.04 bits per heavy atom. The zero-order valence-corrected chi connectivity index (χ0v) is 13.4. The SMILES string of the molecule is C=CC#N.COc1ccc(/C(Cl)=C(\C#N)c2ccccc2)cc1. The van der Waals surface area contributed by atoms with E-state index in [1.54, 1.807) is 13.2 Å². The van der Waals surface area contributed by atoms with Crippen LogP contribution in [0, 0.1) is 22.7 Å². The number of allylic oxidation sites excluding steroid dienone is 2. The third-order valence-corrected chi connectivity index (χ3v) is 3.24. The van der Waals surface area contributed by atoms with Gasteiger partial charge < -0.3 is 4.74 Å². The number of halogens is 1. The van der Waals surface area contributed by atoms with Crippen molar-refractivity contribution >= 4 is 22.2 Å². The Kier molecular flexibility index (Phi) is 7.72. The largest absolute Gasteiger partial charge is 0.497 e. The molecular weight excluding hydrogens is 308 g/mol. The first-order chi connectivity index (χ1) is 11.2. The summed E-state index contributed by atoms with van der Waals surface area (Å²) in [5.41, 5.74) is 2.07. The van der Waals surface area contributed by atoms with Crippen LogP contribution in [0.5, 0.6) is 5.75 Å². The molecule has 0 spiro atoms. The van der Waals surface area contributed by atoms with Gasteiger partial charge >= 0.3 is 0 Å². The number of rotatable bonds is 3. The fraction of sp³-hybridized carbons (Fsp3) is 0.0526. The van der Waals surface area contributed by atoms with Gasteiger partial charge in [0, 0.05) is 6.08 Å². The summed E-state index contributed by atoms with van der Waals surface area (Å²) >= 11 is 6.32. The van der Waals surface area contributed by atoms with E-state index in [2.05, 4.69) is 12.6 Å². The number of benzene rings is 2. The van der Waals surface area contributed by atoms with Crippen molar-refractivity contribution in [3.8, 4) is 17.9 Å². The Labute approximate surface area is 141 Å². The summed E-state index contributed by atoms with van der Waals surface area (Å²) in [6.45, 7) is 3.12. The summed E-state index contributed by atoms with van der Waals surface area (Å²) in [7, 11) is 1.61. The Morgan fingerprint density at radius 3 is 2.04 bits per heavy atom. The predicted molar refractivity (Wildman–Crippen MR) is 93.5 cm³/mol. The number of nitriles is 2. The Morgan fingerprint density at radius 2 is 1.61 bits per heavy atom. The summed E-state index contributed by atoms with van der Waals surface area (Å²) in [5.74, 6) is 0.756. The molecule has 4 heteroatoms. The van der Waals surface area contributed by atoms with Crippen molar-refractivity contribution in [3.05, 3.63) is 78.4 Å². The first-order valence-electron chi connectivity index (χ1n) is 6.68. The van der Waals surface area contributed by atoms with E-state index in [1.165, 1.54) is 6.08 Å². The lowest BCUT2D eigenvalue weighted by Crippen LogP contribution is -1.87. The van der Waals surface area contributed by atoms with Crippen LogP contribution in [0.15, 0.2) is 67.3 Å². The van der Waals surface area contributed by atoms with Crippen LogP contribution in [0.3, 0.4) is 0 Å². The van der Waals surface area contributed by atoms with Gasteiger partial charge in [0.1, 0.15) is 11.8 Å². The van der Waals surface area contributed by atoms with E-state index in [1.807, 2.05) is 54.6 Å². The van der Waals surface area contributed by atoms with Gasteiger partial charge in [-0.15, -0.1) is 0 Å². The van der Waals surface area contributed by atoms with Crippen molar-refractivity contribution in [2.75, 3.05) is 7.11 Å². The second-order valence-electron chi connectivity index (χ2n) is 4.23. The van der Waals surface area contributed by atoms with Crippen LogP contribution in [0.2, 0.25) is 0 Å². The van der Waals surface area contributed by atoms with Crippen molar-refractivity contribution in [2.45, 2.75) is 0 Å². The fourth-order valence-corrected chi connectivity index (χ4v) is 2.00. The second-order valence-corrected chi connectivity index (χ2v) is 4.61. The minimum absolute atomic E-state index is 0.441. The molecule has 23 heavy (non-hydrogen) atoms. The molecule has 0 bridgehead atoms. The van der Waals surface area contributed by atoms with Crippen LogP contribution in [0.1, 0.15) is 11.1 Å². The molecule has 0 amide bonds. The maximum atomic E-state index is 9.29. The fourth-order valence-electron chi connectivity index (χ4n) is 1.73. The third-order valence-electron chi connectivity index (χ3n) is 2.83. The Balaban J connectivity index is 0.000000593. The van der Waals surface area contributed by atoms with Crippen LogP contribution in [0.4, 0.5) is 0 Å². The molecule has 0 unspecified atom stereocenters. The van der Waals surface area contributed by atoms with Crippen molar-refractivity contribution in [1.82, 2.24) is 0 Å². The van der Waals surface area contributed by atoms with E-state index in [0.29, 0.717) is 10.6 Å². The van der Waals surface area contributed by atoms with Gasteiger partial charge in [-0.05, 0) is 35.4 Å². The molecule has 2 aromatic carbocycles. The second kappa shape index (κ2) is 9.84. The van der Waals surface area contributed by atoms with Crippen molar-refractivity contribution in [1.29, 1.82) is 10.5 Å². The molecule has 0 saturated carbocycles. The summed E-state index contributed by atoms with van der Waals surface area (Å²) in [4.78, 5) is 0. The van der Waals surface area contributed by atoms with Gasteiger partial charge in [0.15, 0.2) is 0 Å². The maximum Gasteiger partial charge on any atom is 0.118 e. The topological polar surface area (TPSA) is 56.8 Å². The zero-order valence-electron chi connectivity index (χ0n) is 12.7. The quantitative estimate of drug-likeness (QED) is 0.588. The van der Waals surface area contributed by atoms with Gasteiger partial charge in [0.05, 0.1) is 23.8 Å². The van der Waals surface area contributed by atoms with E-state index < -0.39 is 0 Å². The first kappa shape index (κ1) is 18.0. The molecule has 0 fully saturated rings. The summed E-state index contributed by atoms with van der Waals surface area (Å²) in [5, 5.41) is 17.2. The highest BCUT2D eigenvalue weighted by atomic mass is 35.5. The van der Waals surface area contributed by atoms with E-state index >= 15 is 0 Å². The number of ether oxygens (including phenoxy) is 1. The lowest BCUT2D eigenvalue weighted by molar-refractivity contribution is 0.415. The molecule has 0 aliphatic carbocycles. The van der Waals surface area contributed by atoms with E-state index in [4.69, 9.17) is 21.6 Å². The van der Waals surface area contributed by atoms with Crippen LogP contribution >= 0.6 is 11.6 Å². The van der Waals surface area contributed by atoms with E-state index in [9.17, 15) is 5.26 Å². The standard InChI is InChI=1S/C16H12ClNO.C3H3N/c1-19-14-9-7-13(8-10-14)16(17)15(11-18)12-5-3-2-4-6-12;1-2-3-4/h2-10H,1H3;2H,1H2/b16-15-;. The average molecular weight is 323 g/mol. The normalized spacial score (nSPS) is 10.1. The molecule has 0 aliphatic rings. The minimum atomic E-state index is 0.441. The molecule has 0 aliphatic heterocycles. The Bertz CT molecular complexity index is 751. The third kappa shape index (κ3) is 5.36.